The van der Waals surface area contributed by atoms with Crippen molar-refractivity contribution in [1.82, 2.24) is 25.3 Å². The summed E-state index contributed by atoms with van der Waals surface area (Å²) in [5, 5.41) is 7.75. The van der Waals surface area contributed by atoms with Crippen LogP contribution in [0.15, 0.2) is 4.52 Å². The van der Waals surface area contributed by atoms with E-state index in [-0.39, 0.29) is 0 Å². The summed E-state index contributed by atoms with van der Waals surface area (Å²) in [5.74, 6) is 1.66. The molecule has 1 aromatic heterocycles. The molecular formula is C15H27N5O. The van der Waals surface area contributed by atoms with Crippen LogP contribution in [0, 0.1) is 0 Å². The molecule has 0 radical (unpaired) electrons. The zero-order valence-electron chi connectivity index (χ0n) is 13.2. The Morgan fingerprint density at radius 1 is 1.29 bits per heavy atom. The van der Waals surface area contributed by atoms with E-state index in [1.165, 1.54) is 19.5 Å². The lowest BCUT2D eigenvalue weighted by atomic mass is 10.1. The summed E-state index contributed by atoms with van der Waals surface area (Å²) in [6.45, 7) is 11.0. The Labute approximate surface area is 126 Å². The van der Waals surface area contributed by atoms with E-state index in [1.807, 2.05) is 0 Å². The highest BCUT2D eigenvalue weighted by Crippen LogP contribution is 2.26. The standard InChI is InChI=1S/C15H27N5O/c1-3-5-12(16-4-2)10-14-17-15(18-21-14)13-11-19-6-8-20(13)9-7-19/h12-13,16H,3-11H2,1-2H3. The largest absolute Gasteiger partial charge is 0.339 e. The number of nitrogens with zero attached hydrogens (tertiary/aromatic N) is 4. The first kappa shape index (κ1) is 14.9. The Morgan fingerprint density at radius 3 is 2.71 bits per heavy atom. The number of rotatable bonds is 7. The number of likely N-dealkylation sites (N-methyl/N-ethyl adjacent to an activating group) is 1. The third kappa shape index (κ3) is 3.44. The number of fused-ring (bicyclic) bond motifs is 3. The molecule has 3 aliphatic rings. The van der Waals surface area contributed by atoms with E-state index in [4.69, 9.17) is 4.52 Å². The van der Waals surface area contributed by atoms with Crippen LogP contribution < -0.4 is 5.32 Å². The van der Waals surface area contributed by atoms with E-state index in [1.54, 1.807) is 0 Å². The first-order chi connectivity index (χ1) is 10.3. The van der Waals surface area contributed by atoms with Crippen LogP contribution in [-0.2, 0) is 6.42 Å². The molecule has 0 saturated carbocycles. The Hall–Kier alpha value is -0.980. The average molecular weight is 293 g/mol. The minimum atomic E-state index is 0.328. The summed E-state index contributed by atoms with van der Waals surface area (Å²) in [5.41, 5.74) is 0. The molecule has 6 nitrogen and oxygen atoms in total. The highest BCUT2D eigenvalue weighted by Gasteiger charge is 2.35. The van der Waals surface area contributed by atoms with Gasteiger partial charge in [-0.3, -0.25) is 9.80 Å². The molecule has 2 atom stereocenters. The van der Waals surface area contributed by atoms with Crippen molar-refractivity contribution in [2.24, 2.45) is 0 Å². The van der Waals surface area contributed by atoms with Gasteiger partial charge in [0.1, 0.15) is 0 Å². The summed E-state index contributed by atoms with van der Waals surface area (Å²) in [7, 11) is 0. The third-order valence-corrected chi connectivity index (χ3v) is 4.61. The van der Waals surface area contributed by atoms with Gasteiger partial charge in [0.15, 0.2) is 5.82 Å². The van der Waals surface area contributed by atoms with Crippen molar-refractivity contribution in [2.75, 3.05) is 39.3 Å². The van der Waals surface area contributed by atoms with E-state index in [0.717, 1.165) is 50.7 Å². The third-order valence-electron chi connectivity index (χ3n) is 4.61. The van der Waals surface area contributed by atoms with Crippen molar-refractivity contribution in [1.29, 1.82) is 0 Å². The molecule has 4 rings (SSSR count). The Kier molecular flexibility index (Phi) is 4.87. The van der Waals surface area contributed by atoms with Gasteiger partial charge in [-0.25, -0.2) is 0 Å². The summed E-state index contributed by atoms with van der Waals surface area (Å²) in [6, 6.07) is 0.772. The second-order valence-corrected chi connectivity index (χ2v) is 6.15. The van der Waals surface area contributed by atoms with Gasteiger partial charge >= 0.3 is 0 Å². The fourth-order valence-corrected chi connectivity index (χ4v) is 3.47. The predicted molar refractivity (Wildman–Crippen MR) is 81.1 cm³/mol. The monoisotopic (exact) mass is 293 g/mol. The molecule has 1 aromatic rings. The first-order valence-electron chi connectivity index (χ1n) is 8.32. The molecule has 3 saturated heterocycles. The summed E-state index contributed by atoms with van der Waals surface area (Å²) in [4.78, 5) is 9.66. The maximum atomic E-state index is 5.50. The number of nitrogens with one attached hydrogen (secondary N) is 1. The van der Waals surface area contributed by atoms with Crippen molar-refractivity contribution in [3.05, 3.63) is 11.7 Å². The van der Waals surface area contributed by atoms with Crippen molar-refractivity contribution in [3.63, 3.8) is 0 Å². The van der Waals surface area contributed by atoms with Crippen molar-refractivity contribution in [2.45, 2.75) is 45.2 Å². The number of piperazine rings is 3. The van der Waals surface area contributed by atoms with Crippen LogP contribution in [0.5, 0.6) is 0 Å². The van der Waals surface area contributed by atoms with Crippen LogP contribution in [0.4, 0.5) is 0 Å². The van der Waals surface area contributed by atoms with Crippen LogP contribution in [0.1, 0.15) is 44.4 Å². The lowest BCUT2D eigenvalue weighted by Crippen LogP contribution is -2.57. The Balaban J connectivity index is 1.63. The lowest BCUT2D eigenvalue weighted by Gasteiger charge is -2.46. The van der Waals surface area contributed by atoms with Gasteiger partial charge in [-0.15, -0.1) is 0 Å². The Bertz CT molecular complexity index is 435. The Morgan fingerprint density at radius 2 is 2.10 bits per heavy atom. The van der Waals surface area contributed by atoms with E-state index < -0.39 is 0 Å². The van der Waals surface area contributed by atoms with Gasteiger partial charge in [0.25, 0.3) is 0 Å². The molecule has 0 amide bonds. The minimum Gasteiger partial charge on any atom is -0.339 e. The predicted octanol–water partition coefficient (Wildman–Crippen LogP) is 1.06. The molecule has 6 heteroatoms. The van der Waals surface area contributed by atoms with Gasteiger partial charge in [-0.1, -0.05) is 25.4 Å². The second-order valence-electron chi connectivity index (χ2n) is 6.15. The molecule has 4 heterocycles. The lowest BCUT2D eigenvalue weighted by molar-refractivity contribution is 0.00781. The maximum absolute atomic E-state index is 5.50. The van der Waals surface area contributed by atoms with E-state index in [0.29, 0.717) is 12.1 Å². The smallest absolute Gasteiger partial charge is 0.228 e. The average Bonchev–Trinajstić information content (AvgIpc) is 2.97. The zero-order valence-corrected chi connectivity index (χ0v) is 13.2. The van der Waals surface area contributed by atoms with Crippen molar-refractivity contribution >= 4 is 0 Å². The summed E-state index contributed by atoms with van der Waals surface area (Å²) >= 11 is 0. The van der Waals surface area contributed by atoms with Gasteiger partial charge in [0, 0.05) is 45.2 Å². The molecular weight excluding hydrogens is 266 g/mol. The van der Waals surface area contributed by atoms with E-state index in [2.05, 4.69) is 39.1 Å². The van der Waals surface area contributed by atoms with Gasteiger partial charge in [-0.05, 0) is 13.0 Å². The second kappa shape index (κ2) is 6.85. The summed E-state index contributed by atoms with van der Waals surface area (Å²) < 4.78 is 5.50. The molecule has 0 aliphatic carbocycles. The molecule has 2 unspecified atom stereocenters. The van der Waals surface area contributed by atoms with Crippen LogP contribution in [0.3, 0.4) is 0 Å². The van der Waals surface area contributed by atoms with Crippen molar-refractivity contribution < 1.29 is 4.52 Å². The van der Waals surface area contributed by atoms with Crippen LogP contribution in [0.2, 0.25) is 0 Å². The van der Waals surface area contributed by atoms with Crippen LogP contribution in [-0.4, -0.2) is 65.3 Å². The first-order valence-corrected chi connectivity index (χ1v) is 8.32. The van der Waals surface area contributed by atoms with E-state index in [9.17, 15) is 0 Å². The quantitative estimate of drug-likeness (QED) is 0.811. The topological polar surface area (TPSA) is 57.4 Å². The number of hydrogen-bond acceptors (Lipinski definition) is 6. The molecule has 0 aromatic carbocycles. The molecule has 118 valence electrons. The summed E-state index contributed by atoms with van der Waals surface area (Å²) in [6.07, 6.45) is 3.16. The fraction of sp³-hybridized carbons (Fsp3) is 0.867. The molecule has 21 heavy (non-hydrogen) atoms. The number of hydrogen-bond donors (Lipinski definition) is 1. The van der Waals surface area contributed by atoms with Crippen LogP contribution in [0.25, 0.3) is 0 Å². The molecule has 0 spiro atoms. The maximum Gasteiger partial charge on any atom is 0.228 e. The zero-order chi connectivity index (χ0) is 14.7. The highest BCUT2D eigenvalue weighted by molar-refractivity contribution is 5.02. The molecule has 2 bridgehead atoms. The normalized spacial score (nSPS) is 29.7. The highest BCUT2D eigenvalue weighted by atomic mass is 16.5. The van der Waals surface area contributed by atoms with Gasteiger partial charge < -0.3 is 9.84 Å². The van der Waals surface area contributed by atoms with E-state index >= 15 is 0 Å². The minimum absolute atomic E-state index is 0.328. The molecule has 3 fully saturated rings. The van der Waals surface area contributed by atoms with Gasteiger partial charge in [0.05, 0.1) is 6.04 Å². The molecule has 1 N–H and O–H groups in total. The number of aromatic nitrogens is 2. The van der Waals surface area contributed by atoms with Crippen LogP contribution >= 0.6 is 0 Å². The van der Waals surface area contributed by atoms with Gasteiger partial charge in [-0.2, -0.15) is 4.98 Å². The van der Waals surface area contributed by atoms with Crippen molar-refractivity contribution in [3.8, 4) is 0 Å². The van der Waals surface area contributed by atoms with Gasteiger partial charge in [0.2, 0.25) is 5.89 Å². The molecule has 3 aliphatic heterocycles. The SMILES string of the molecule is CCCC(Cc1nc(C2CN3CCN2CC3)no1)NCC. The fourth-order valence-electron chi connectivity index (χ4n) is 3.47.